The summed E-state index contributed by atoms with van der Waals surface area (Å²) in [6.45, 7) is 0. The second kappa shape index (κ2) is 5.19. The molecule has 2 aromatic carbocycles. The molecule has 20 heavy (non-hydrogen) atoms. The van der Waals surface area contributed by atoms with E-state index in [1.807, 2.05) is 18.2 Å². The van der Waals surface area contributed by atoms with Crippen molar-refractivity contribution in [3.8, 4) is 0 Å². The minimum atomic E-state index is 0.566. The molecule has 0 aliphatic carbocycles. The van der Waals surface area contributed by atoms with Crippen LogP contribution in [-0.4, -0.2) is 4.98 Å². The molecule has 0 saturated heterocycles. The van der Waals surface area contributed by atoms with Crippen molar-refractivity contribution in [2.45, 2.75) is 0 Å². The van der Waals surface area contributed by atoms with Gasteiger partial charge < -0.3 is 11.1 Å². The largest absolute Gasteiger partial charge is 0.398 e. The molecule has 3 rings (SSSR count). The minimum Gasteiger partial charge on any atom is -0.398 e. The molecule has 3 N–H and O–H groups in total. The molecule has 1 heterocycles. The molecule has 0 atom stereocenters. The minimum absolute atomic E-state index is 0.566. The van der Waals surface area contributed by atoms with Crippen LogP contribution in [0.5, 0.6) is 0 Å². The zero-order valence-corrected chi connectivity index (χ0v) is 11.9. The molecule has 0 spiro atoms. The quantitative estimate of drug-likeness (QED) is 0.664. The lowest BCUT2D eigenvalue weighted by Crippen LogP contribution is -1.96. The molecular formula is C15H11Cl2N3. The van der Waals surface area contributed by atoms with E-state index in [9.17, 15) is 0 Å². The smallest absolute Gasteiger partial charge is 0.0763 e. The summed E-state index contributed by atoms with van der Waals surface area (Å²) in [5.41, 5.74) is 8.20. The Morgan fingerprint density at radius 1 is 0.950 bits per heavy atom. The zero-order valence-electron chi connectivity index (χ0n) is 10.4. The second-order valence-corrected chi connectivity index (χ2v) is 5.16. The summed E-state index contributed by atoms with van der Waals surface area (Å²) < 4.78 is 0. The number of para-hydroxylation sites is 1. The van der Waals surface area contributed by atoms with Gasteiger partial charge >= 0.3 is 0 Å². The van der Waals surface area contributed by atoms with Gasteiger partial charge in [-0.2, -0.15) is 0 Å². The number of nitrogens with two attached hydrogens (primary N) is 1. The van der Waals surface area contributed by atoms with Gasteiger partial charge in [-0.25, -0.2) is 0 Å². The lowest BCUT2D eigenvalue weighted by Gasteiger charge is -2.13. The Labute approximate surface area is 126 Å². The lowest BCUT2D eigenvalue weighted by molar-refractivity contribution is 1.36. The number of nitrogens with zero attached hydrogens (tertiary/aromatic N) is 1. The van der Waals surface area contributed by atoms with E-state index in [4.69, 9.17) is 28.9 Å². The Hall–Kier alpha value is -1.97. The number of hydrogen-bond acceptors (Lipinski definition) is 3. The SMILES string of the molecule is Nc1ccc(Nc2c(Cl)cccc2Cl)c2ccncc12. The van der Waals surface area contributed by atoms with Crippen molar-refractivity contribution in [2.75, 3.05) is 11.1 Å². The topological polar surface area (TPSA) is 50.9 Å². The van der Waals surface area contributed by atoms with Crippen LogP contribution in [0.1, 0.15) is 0 Å². The number of pyridine rings is 1. The lowest BCUT2D eigenvalue weighted by atomic mass is 10.1. The Bertz CT molecular complexity index is 767. The predicted octanol–water partition coefficient (Wildman–Crippen LogP) is 4.87. The number of aromatic nitrogens is 1. The predicted molar refractivity (Wildman–Crippen MR) is 85.9 cm³/mol. The third-order valence-corrected chi connectivity index (χ3v) is 3.70. The standard InChI is InChI=1S/C15H11Cl2N3/c16-11-2-1-3-12(17)15(11)20-14-5-4-13(18)10-8-19-7-6-9(10)14/h1-8,20H,18H2. The Balaban J connectivity index is 2.14. The summed E-state index contributed by atoms with van der Waals surface area (Å²) in [6.07, 6.45) is 3.46. The first kappa shape index (κ1) is 13.0. The van der Waals surface area contributed by atoms with Crippen LogP contribution in [0.3, 0.4) is 0 Å². The van der Waals surface area contributed by atoms with Crippen LogP contribution in [0, 0.1) is 0 Å². The molecule has 0 unspecified atom stereocenters. The maximum atomic E-state index is 6.18. The fourth-order valence-electron chi connectivity index (χ4n) is 2.07. The number of halogens is 2. The van der Waals surface area contributed by atoms with Crippen LogP contribution in [0.25, 0.3) is 10.8 Å². The van der Waals surface area contributed by atoms with E-state index in [1.165, 1.54) is 0 Å². The molecule has 0 radical (unpaired) electrons. The van der Waals surface area contributed by atoms with Crippen molar-refractivity contribution in [2.24, 2.45) is 0 Å². The number of anilines is 3. The van der Waals surface area contributed by atoms with Gasteiger partial charge in [0.05, 0.1) is 15.7 Å². The molecule has 3 aromatic rings. The first-order valence-corrected chi connectivity index (χ1v) is 6.75. The first-order valence-electron chi connectivity index (χ1n) is 6.00. The molecule has 0 fully saturated rings. The van der Waals surface area contributed by atoms with Gasteiger partial charge in [-0.05, 0) is 30.3 Å². The maximum absolute atomic E-state index is 6.18. The van der Waals surface area contributed by atoms with Gasteiger partial charge in [0, 0.05) is 34.5 Å². The highest BCUT2D eigenvalue weighted by Crippen LogP contribution is 2.35. The Morgan fingerprint density at radius 3 is 2.45 bits per heavy atom. The van der Waals surface area contributed by atoms with Crippen molar-refractivity contribution < 1.29 is 0 Å². The molecular weight excluding hydrogens is 293 g/mol. The average molecular weight is 304 g/mol. The number of rotatable bonds is 2. The van der Waals surface area contributed by atoms with Gasteiger partial charge in [-0.3, -0.25) is 4.98 Å². The van der Waals surface area contributed by atoms with Crippen molar-refractivity contribution >= 4 is 51.0 Å². The monoisotopic (exact) mass is 303 g/mol. The van der Waals surface area contributed by atoms with Gasteiger partial charge in [0.1, 0.15) is 0 Å². The summed E-state index contributed by atoms with van der Waals surface area (Å²) in [7, 11) is 0. The van der Waals surface area contributed by atoms with Gasteiger partial charge in [0.2, 0.25) is 0 Å². The van der Waals surface area contributed by atoms with Crippen LogP contribution in [0.2, 0.25) is 10.0 Å². The van der Waals surface area contributed by atoms with Crippen molar-refractivity contribution in [3.05, 3.63) is 58.8 Å². The second-order valence-electron chi connectivity index (χ2n) is 4.35. The molecule has 0 saturated carbocycles. The van der Waals surface area contributed by atoms with Crippen molar-refractivity contribution in [1.29, 1.82) is 0 Å². The van der Waals surface area contributed by atoms with Crippen LogP contribution in [0.4, 0.5) is 17.1 Å². The molecule has 0 bridgehead atoms. The summed E-state index contributed by atoms with van der Waals surface area (Å²) in [4.78, 5) is 4.10. The molecule has 100 valence electrons. The van der Waals surface area contributed by atoms with Crippen molar-refractivity contribution in [1.82, 2.24) is 4.98 Å². The van der Waals surface area contributed by atoms with Gasteiger partial charge in [-0.1, -0.05) is 29.3 Å². The van der Waals surface area contributed by atoms with E-state index in [-0.39, 0.29) is 0 Å². The number of nitrogens with one attached hydrogen (secondary N) is 1. The zero-order chi connectivity index (χ0) is 14.1. The molecule has 0 aliphatic rings. The normalized spacial score (nSPS) is 10.7. The third-order valence-electron chi connectivity index (χ3n) is 3.07. The number of nitrogen functional groups attached to an aromatic ring is 1. The van der Waals surface area contributed by atoms with Crippen LogP contribution in [0.15, 0.2) is 48.8 Å². The maximum Gasteiger partial charge on any atom is 0.0763 e. The fraction of sp³-hybridized carbons (Fsp3) is 0. The number of benzene rings is 2. The average Bonchev–Trinajstić information content (AvgIpc) is 2.46. The van der Waals surface area contributed by atoms with Gasteiger partial charge in [0.15, 0.2) is 0 Å². The molecule has 0 amide bonds. The molecule has 5 heteroatoms. The molecule has 1 aromatic heterocycles. The highest BCUT2D eigenvalue weighted by atomic mass is 35.5. The van der Waals surface area contributed by atoms with E-state index in [0.29, 0.717) is 21.4 Å². The number of hydrogen-bond donors (Lipinski definition) is 2. The number of fused-ring (bicyclic) bond motifs is 1. The van der Waals surface area contributed by atoms with E-state index in [1.54, 1.807) is 30.6 Å². The van der Waals surface area contributed by atoms with E-state index in [2.05, 4.69) is 10.3 Å². The summed E-state index contributed by atoms with van der Waals surface area (Å²) in [6, 6.07) is 11.0. The van der Waals surface area contributed by atoms with Crippen LogP contribution >= 0.6 is 23.2 Å². The highest BCUT2D eigenvalue weighted by molar-refractivity contribution is 6.39. The van der Waals surface area contributed by atoms with E-state index < -0.39 is 0 Å². The summed E-state index contributed by atoms with van der Waals surface area (Å²) in [5, 5.41) is 6.25. The van der Waals surface area contributed by atoms with Gasteiger partial charge in [0.25, 0.3) is 0 Å². The Morgan fingerprint density at radius 2 is 1.70 bits per heavy atom. The molecule has 0 aliphatic heterocycles. The van der Waals surface area contributed by atoms with E-state index in [0.717, 1.165) is 16.5 Å². The van der Waals surface area contributed by atoms with Gasteiger partial charge in [-0.15, -0.1) is 0 Å². The summed E-state index contributed by atoms with van der Waals surface area (Å²) >= 11 is 12.4. The fourth-order valence-corrected chi connectivity index (χ4v) is 2.56. The highest BCUT2D eigenvalue weighted by Gasteiger charge is 2.09. The van der Waals surface area contributed by atoms with Crippen LogP contribution < -0.4 is 11.1 Å². The van der Waals surface area contributed by atoms with Crippen LogP contribution in [-0.2, 0) is 0 Å². The van der Waals surface area contributed by atoms with Crippen molar-refractivity contribution in [3.63, 3.8) is 0 Å². The van der Waals surface area contributed by atoms with E-state index >= 15 is 0 Å². The molecule has 3 nitrogen and oxygen atoms in total. The summed E-state index contributed by atoms with van der Waals surface area (Å²) in [5.74, 6) is 0. The third kappa shape index (κ3) is 2.26. The Kier molecular flexibility index (Phi) is 3.38. The first-order chi connectivity index (χ1) is 9.66.